The average Bonchev–Trinajstić information content (AvgIpc) is 0.945. The second-order valence-corrected chi connectivity index (χ2v) is 37.9. The number of hydrogen-bond donors (Lipinski definition) is 0. The van der Waals surface area contributed by atoms with Crippen LogP contribution in [0.4, 0.5) is 0 Å². The molecule has 0 fully saturated rings. The van der Waals surface area contributed by atoms with Crippen molar-refractivity contribution in [3.05, 3.63) is 0 Å². The highest BCUT2D eigenvalue weighted by Crippen LogP contribution is 2.25. The third-order valence-electron chi connectivity index (χ3n) is 26.1. The Morgan fingerprint density at radius 1 is 0.162 bits per heavy atom. The minimum absolute atomic E-state index is 0.122. The number of Topliss-reactive ketones (excluding diaryl/α,β-unsaturated/α-hetero) is 1. The number of hydrogen-bond acceptors (Lipinski definition) is 3. The molecule has 111 heavy (non-hydrogen) atoms. The van der Waals surface area contributed by atoms with Crippen molar-refractivity contribution >= 4 is 5.78 Å². The molecule has 666 valence electrons. The summed E-state index contributed by atoms with van der Waals surface area (Å²) in [5.41, 5.74) is 0. The van der Waals surface area contributed by atoms with E-state index >= 15 is 0 Å². The average molecular weight is 1560 g/mol. The molecule has 0 radical (unpaired) electrons. The maximum absolute atomic E-state index is 12.0. The van der Waals surface area contributed by atoms with Gasteiger partial charge in [0.05, 0.1) is 0 Å². The lowest BCUT2D eigenvalue weighted by Gasteiger charge is -2.24. The van der Waals surface area contributed by atoms with E-state index in [0.717, 1.165) is 26.1 Å². The number of rotatable bonds is 105. The molecule has 1 atom stereocenters. The van der Waals surface area contributed by atoms with E-state index in [2.05, 4.69) is 20.8 Å². The second-order valence-electron chi connectivity index (χ2n) is 37.9. The fraction of sp³-hybridized carbons (Fsp3) is 0.991. The summed E-state index contributed by atoms with van der Waals surface area (Å²) < 4.78 is 12.6. The van der Waals surface area contributed by atoms with Crippen molar-refractivity contribution < 1.29 is 14.3 Å². The molecule has 0 N–H and O–H groups in total. The normalized spacial score (nSPS) is 12.2. The van der Waals surface area contributed by atoms with Gasteiger partial charge in [-0.25, -0.2) is 0 Å². The lowest BCUT2D eigenvalue weighted by Crippen LogP contribution is -2.27. The Morgan fingerprint density at radius 2 is 0.252 bits per heavy atom. The molecule has 0 bridgehead atoms. The Kier molecular flexibility index (Phi) is 103. The van der Waals surface area contributed by atoms with E-state index in [1.165, 1.54) is 616 Å². The van der Waals surface area contributed by atoms with E-state index in [1.807, 2.05) is 0 Å². The van der Waals surface area contributed by atoms with Crippen LogP contribution in [0.15, 0.2) is 0 Å². The smallest absolute Gasteiger partial charge is 0.160 e. The SMILES string of the molecule is CCCCCCCCCCCCCCCCCCCCCCCCCCCCCCCCCCCCCCCCCCCCCCCCCCCOC(OCCCCCCCCCCCCCCCCCCCCCCCCCCCCCCCCCCCCCCCCCCCCCCCCCCC)C(C)CC(C)=O. The molecule has 0 rings (SSSR count). The number of carbonyl (C=O) groups is 1. The van der Waals surface area contributed by atoms with Crippen molar-refractivity contribution in [2.24, 2.45) is 5.92 Å². The van der Waals surface area contributed by atoms with E-state index < -0.39 is 0 Å². The zero-order valence-electron chi connectivity index (χ0n) is 78.3. The Hall–Kier alpha value is -0.410. The minimum Gasteiger partial charge on any atom is -0.352 e. The molecule has 0 aromatic carbocycles. The van der Waals surface area contributed by atoms with Crippen molar-refractivity contribution in [1.29, 1.82) is 0 Å². The van der Waals surface area contributed by atoms with Crippen LogP contribution in [0.25, 0.3) is 0 Å². The van der Waals surface area contributed by atoms with Gasteiger partial charge in [0, 0.05) is 25.6 Å². The highest BCUT2D eigenvalue weighted by Gasteiger charge is 2.20. The van der Waals surface area contributed by atoms with E-state index in [0.29, 0.717) is 6.42 Å². The van der Waals surface area contributed by atoms with Gasteiger partial charge in [0.15, 0.2) is 6.29 Å². The largest absolute Gasteiger partial charge is 0.352 e. The first-order chi connectivity index (χ1) is 55.1. The molecule has 0 amide bonds. The molecule has 0 saturated carbocycles. The molecule has 0 aromatic heterocycles. The van der Waals surface area contributed by atoms with Crippen LogP contribution in [0.3, 0.4) is 0 Å². The highest BCUT2D eigenvalue weighted by molar-refractivity contribution is 5.75. The van der Waals surface area contributed by atoms with Crippen LogP contribution in [0.2, 0.25) is 0 Å². The van der Waals surface area contributed by atoms with Gasteiger partial charge in [0.1, 0.15) is 5.78 Å². The molecule has 0 aliphatic carbocycles. The van der Waals surface area contributed by atoms with Crippen molar-refractivity contribution in [2.75, 3.05) is 13.2 Å². The van der Waals surface area contributed by atoms with Crippen molar-refractivity contribution in [1.82, 2.24) is 0 Å². The lowest BCUT2D eigenvalue weighted by atomic mass is 10.0. The Labute approximate surface area is 704 Å². The summed E-state index contributed by atoms with van der Waals surface area (Å²) in [6.07, 6.45) is 143. The summed E-state index contributed by atoms with van der Waals surface area (Å²) in [6, 6.07) is 0. The van der Waals surface area contributed by atoms with Gasteiger partial charge in [0.25, 0.3) is 0 Å². The van der Waals surface area contributed by atoms with Gasteiger partial charge in [0.2, 0.25) is 0 Å². The van der Waals surface area contributed by atoms with Gasteiger partial charge in [-0.1, -0.05) is 637 Å². The maximum atomic E-state index is 12.0. The van der Waals surface area contributed by atoms with Crippen molar-refractivity contribution in [2.45, 2.75) is 670 Å². The first kappa shape index (κ1) is 111. The number of unbranched alkanes of at least 4 members (excludes halogenated alkanes) is 96. The molecule has 0 aliphatic rings. The second kappa shape index (κ2) is 104. The first-order valence-corrected chi connectivity index (χ1v) is 53.8. The predicted octanol–water partition coefficient (Wildman–Crippen LogP) is 40.2. The Morgan fingerprint density at radius 3 is 0.342 bits per heavy atom. The van der Waals surface area contributed by atoms with Crippen LogP contribution in [0.5, 0.6) is 0 Å². The molecule has 1 unspecified atom stereocenters. The topological polar surface area (TPSA) is 35.5 Å². The fourth-order valence-corrected chi connectivity index (χ4v) is 18.3. The standard InChI is InChI=1S/C108H216O3/c1-5-7-9-11-13-15-17-19-21-23-25-27-29-31-33-35-37-39-41-43-45-47-49-51-53-55-57-59-61-63-65-67-69-71-73-75-77-79-81-83-85-87-89-91-93-95-97-99-101-103-110-108(106(3)105-107(4)109)111-104-102-100-98-96-94-92-90-88-86-84-82-80-78-76-74-72-70-68-66-64-62-60-58-56-54-52-50-48-46-44-42-40-38-36-34-32-30-28-26-24-22-20-18-16-14-12-10-8-6-2/h106,108H,5-105H2,1-4H3. The van der Waals surface area contributed by atoms with Crippen LogP contribution >= 0.6 is 0 Å². The molecule has 0 spiro atoms. The van der Waals surface area contributed by atoms with E-state index in [-0.39, 0.29) is 18.0 Å². The molecular weight excluding hydrogens is 1350 g/mol. The predicted molar refractivity (Wildman–Crippen MR) is 504 cm³/mol. The maximum Gasteiger partial charge on any atom is 0.160 e. The molecule has 3 heteroatoms. The molecule has 0 aliphatic heterocycles. The van der Waals surface area contributed by atoms with Gasteiger partial charge in [-0.15, -0.1) is 0 Å². The van der Waals surface area contributed by atoms with Gasteiger partial charge < -0.3 is 14.3 Å². The summed E-state index contributed by atoms with van der Waals surface area (Å²) in [4.78, 5) is 12.0. The highest BCUT2D eigenvalue weighted by atomic mass is 16.7. The summed E-state index contributed by atoms with van der Waals surface area (Å²) in [6.45, 7) is 9.98. The first-order valence-electron chi connectivity index (χ1n) is 53.8. The molecule has 0 aromatic rings. The van der Waals surface area contributed by atoms with Crippen LogP contribution in [-0.4, -0.2) is 25.3 Å². The monoisotopic (exact) mass is 1560 g/mol. The third kappa shape index (κ3) is 102. The van der Waals surface area contributed by atoms with Crippen LogP contribution in [0, 0.1) is 5.92 Å². The van der Waals surface area contributed by atoms with Crippen LogP contribution in [0.1, 0.15) is 663 Å². The number of carbonyl (C=O) groups excluding carboxylic acids is 1. The third-order valence-corrected chi connectivity index (χ3v) is 26.1. The van der Waals surface area contributed by atoms with Crippen molar-refractivity contribution in [3.63, 3.8) is 0 Å². The summed E-state index contributed by atoms with van der Waals surface area (Å²) in [5, 5.41) is 0. The van der Waals surface area contributed by atoms with Crippen molar-refractivity contribution in [3.8, 4) is 0 Å². The Bertz CT molecular complexity index is 1490. The van der Waals surface area contributed by atoms with Gasteiger partial charge in [-0.05, 0) is 19.8 Å². The van der Waals surface area contributed by atoms with E-state index in [1.54, 1.807) is 6.92 Å². The molecule has 3 nitrogen and oxygen atoms in total. The minimum atomic E-state index is -0.243. The van der Waals surface area contributed by atoms with Gasteiger partial charge in [-0.2, -0.15) is 0 Å². The van der Waals surface area contributed by atoms with Crippen LogP contribution in [-0.2, 0) is 14.3 Å². The fourth-order valence-electron chi connectivity index (χ4n) is 18.3. The quantitative estimate of drug-likeness (QED) is 0.0450. The van der Waals surface area contributed by atoms with Gasteiger partial charge >= 0.3 is 0 Å². The summed E-state index contributed by atoms with van der Waals surface area (Å²) in [5.74, 6) is 0.358. The molecule has 0 heterocycles. The Balaban J connectivity index is 3.36. The summed E-state index contributed by atoms with van der Waals surface area (Å²) >= 11 is 0. The number of ketones is 1. The van der Waals surface area contributed by atoms with Gasteiger partial charge in [-0.3, -0.25) is 0 Å². The zero-order valence-corrected chi connectivity index (χ0v) is 78.3. The molecule has 0 saturated heterocycles. The zero-order chi connectivity index (χ0) is 79.6. The van der Waals surface area contributed by atoms with E-state index in [9.17, 15) is 4.79 Å². The van der Waals surface area contributed by atoms with E-state index in [4.69, 9.17) is 9.47 Å². The molecular formula is C108H216O3. The number of ether oxygens (including phenoxy) is 2. The van der Waals surface area contributed by atoms with Crippen LogP contribution < -0.4 is 0 Å². The summed E-state index contributed by atoms with van der Waals surface area (Å²) in [7, 11) is 0. The lowest BCUT2D eigenvalue weighted by molar-refractivity contribution is -0.173.